The van der Waals surface area contributed by atoms with Crippen LogP contribution < -0.4 is 29.6 Å². The molecule has 1 atom stereocenters. The molecule has 0 saturated carbocycles. The molecule has 0 saturated heterocycles. The molecule has 1 aliphatic rings. The second-order valence-electron chi connectivity index (χ2n) is 5.83. The van der Waals surface area contributed by atoms with Gasteiger partial charge in [0.05, 0.1) is 33.1 Å². The quantitative estimate of drug-likeness (QED) is 0.859. The molecule has 2 aromatic rings. The van der Waals surface area contributed by atoms with Crippen molar-refractivity contribution < 1.29 is 23.7 Å². The van der Waals surface area contributed by atoms with E-state index in [2.05, 4.69) is 10.6 Å². The number of carbonyl (C=O) groups is 1. The largest absolute Gasteiger partial charge is 0.493 e. The van der Waals surface area contributed by atoms with Crippen LogP contribution in [-0.4, -0.2) is 40.0 Å². The minimum atomic E-state index is -0.327. The van der Waals surface area contributed by atoms with Crippen LogP contribution in [0.25, 0.3) is 0 Å². The van der Waals surface area contributed by atoms with Crippen LogP contribution in [0.1, 0.15) is 5.56 Å². The fourth-order valence-electron chi connectivity index (χ4n) is 2.93. The van der Waals surface area contributed by atoms with Crippen molar-refractivity contribution in [2.45, 2.75) is 12.5 Å². The highest BCUT2D eigenvalue weighted by atomic mass is 16.5. The monoisotopic (exact) mass is 358 g/mol. The van der Waals surface area contributed by atoms with E-state index >= 15 is 0 Å². The molecule has 0 aliphatic carbocycles. The van der Waals surface area contributed by atoms with Crippen LogP contribution in [0.4, 0.5) is 10.5 Å². The number of urea groups is 1. The summed E-state index contributed by atoms with van der Waals surface area (Å²) in [5, 5.41) is 5.72. The lowest BCUT2D eigenvalue weighted by atomic mass is 10.0. The zero-order valence-electron chi connectivity index (χ0n) is 15.0. The van der Waals surface area contributed by atoms with Crippen LogP contribution in [0.5, 0.6) is 23.0 Å². The average molecular weight is 358 g/mol. The number of methoxy groups -OCH3 is 3. The van der Waals surface area contributed by atoms with Gasteiger partial charge < -0.3 is 29.6 Å². The van der Waals surface area contributed by atoms with Gasteiger partial charge in [0.15, 0.2) is 11.5 Å². The second kappa shape index (κ2) is 7.86. The van der Waals surface area contributed by atoms with Gasteiger partial charge in [0, 0.05) is 12.1 Å². The molecule has 2 N–H and O–H groups in total. The van der Waals surface area contributed by atoms with E-state index in [4.69, 9.17) is 18.9 Å². The Hall–Kier alpha value is -3.09. The minimum Gasteiger partial charge on any atom is -0.493 e. The number of hydrogen-bond acceptors (Lipinski definition) is 5. The van der Waals surface area contributed by atoms with Crippen molar-refractivity contribution in [3.8, 4) is 23.0 Å². The van der Waals surface area contributed by atoms with E-state index in [1.807, 2.05) is 24.3 Å². The molecular formula is C19H22N2O5. The van der Waals surface area contributed by atoms with Crippen molar-refractivity contribution in [3.63, 3.8) is 0 Å². The number of amides is 2. The van der Waals surface area contributed by atoms with Crippen LogP contribution in [0.2, 0.25) is 0 Å². The van der Waals surface area contributed by atoms with Crippen LogP contribution in [0.15, 0.2) is 36.4 Å². The van der Waals surface area contributed by atoms with Gasteiger partial charge in [-0.15, -0.1) is 0 Å². The number of carbonyl (C=O) groups excluding carboxylic acids is 1. The second-order valence-corrected chi connectivity index (χ2v) is 5.83. The number of ether oxygens (including phenoxy) is 4. The zero-order valence-corrected chi connectivity index (χ0v) is 15.0. The predicted octanol–water partition coefficient (Wildman–Crippen LogP) is 2.84. The molecule has 3 rings (SSSR count). The fourth-order valence-corrected chi connectivity index (χ4v) is 2.93. The van der Waals surface area contributed by atoms with E-state index in [1.165, 1.54) is 21.3 Å². The molecule has 0 radical (unpaired) electrons. The van der Waals surface area contributed by atoms with Gasteiger partial charge in [-0.05, 0) is 18.1 Å². The topological polar surface area (TPSA) is 78.1 Å². The molecular weight excluding hydrogens is 336 g/mol. The molecule has 0 spiro atoms. The van der Waals surface area contributed by atoms with Crippen LogP contribution in [0, 0.1) is 0 Å². The van der Waals surface area contributed by atoms with E-state index in [1.54, 1.807) is 12.1 Å². The smallest absolute Gasteiger partial charge is 0.319 e. The lowest BCUT2D eigenvalue weighted by Crippen LogP contribution is -2.44. The van der Waals surface area contributed by atoms with E-state index in [0.29, 0.717) is 29.5 Å². The van der Waals surface area contributed by atoms with Crippen molar-refractivity contribution in [1.29, 1.82) is 0 Å². The van der Waals surface area contributed by atoms with Gasteiger partial charge in [0.2, 0.25) is 5.75 Å². The van der Waals surface area contributed by atoms with E-state index < -0.39 is 0 Å². The van der Waals surface area contributed by atoms with Crippen molar-refractivity contribution in [2.75, 3.05) is 33.3 Å². The lowest BCUT2D eigenvalue weighted by Gasteiger charge is -2.26. The Kier molecular flexibility index (Phi) is 5.36. The highest BCUT2D eigenvalue weighted by Crippen LogP contribution is 2.39. The standard InChI is InChI=1S/C19H22N2O5/c1-23-16-9-13(10-17(24-2)18(16)25-3)20-19(22)21-14-8-12-6-4-5-7-15(12)26-11-14/h4-7,9-10,14H,8,11H2,1-3H3,(H2,20,21,22)/t14-/m1/s1. The molecule has 7 heteroatoms. The number of para-hydroxylation sites is 1. The number of benzene rings is 2. The van der Waals surface area contributed by atoms with Gasteiger partial charge in [0.1, 0.15) is 12.4 Å². The van der Waals surface area contributed by atoms with E-state index in [-0.39, 0.29) is 12.1 Å². The molecule has 0 unspecified atom stereocenters. The highest BCUT2D eigenvalue weighted by Gasteiger charge is 2.21. The third kappa shape index (κ3) is 3.77. The first-order valence-electron chi connectivity index (χ1n) is 8.22. The molecule has 2 aromatic carbocycles. The van der Waals surface area contributed by atoms with Crippen molar-refractivity contribution in [2.24, 2.45) is 0 Å². The maximum atomic E-state index is 12.4. The number of nitrogens with one attached hydrogen (secondary N) is 2. The van der Waals surface area contributed by atoms with E-state index in [0.717, 1.165) is 17.7 Å². The Morgan fingerprint density at radius 2 is 1.77 bits per heavy atom. The van der Waals surface area contributed by atoms with Crippen LogP contribution in [0.3, 0.4) is 0 Å². The maximum Gasteiger partial charge on any atom is 0.319 e. The number of anilines is 1. The SMILES string of the molecule is COc1cc(NC(=O)N[C@H]2COc3ccccc3C2)cc(OC)c1OC. The number of hydrogen-bond donors (Lipinski definition) is 2. The molecule has 0 fully saturated rings. The van der Waals surface area contributed by atoms with Gasteiger partial charge >= 0.3 is 6.03 Å². The summed E-state index contributed by atoms with van der Waals surface area (Å²) in [6.07, 6.45) is 0.721. The molecule has 26 heavy (non-hydrogen) atoms. The van der Waals surface area contributed by atoms with Crippen LogP contribution >= 0.6 is 0 Å². The fraction of sp³-hybridized carbons (Fsp3) is 0.316. The Morgan fingerprint density at radius 1 is 1.08 bits per heavy atom. The van der Waals surface area contributed by atoms with Crippen molar-refractivity contribution in [3.05, 3.63) is 42.0 Å². The lowest BCUT2D eigenvalue weighted by molar-refractivity contribution is 0.222. The summed E-state index contributed by atoms with van der Waals surface area (Å²) in [4.78, 5) is 12.4. The summed E-state index contributed by atoms with van der Waals surface area (Å²) in [7, 11) is 4.58. The Morgan fingerprint density at radius 3 is 2.42 bits per heavy atom. The summed E-state index contributed by atoms with van der Waals surface area (Å²) in [5.41, 5.74) is 1.62. The summed E-state index contributed by atoms with van der Waals surface area (Å²) in [6.45, 7) is 0.430. The van der Waals surface area contributed by atoms with E-state index in [9.17, 15) is 4.79 Å². The van der Waals surface area contributed by atoms with Crippen molar-refractivity contribution in [1.82, 2.24) is 5.32 Å². The summed E-state index contributed by atoms with van der Waals surface area (Å²) in [5.74, 6) is 2.28. The molecule has 0 bridgehead atoms. The average Bonchev–Trinajstić information content (AvgIpc) is 2.66. The Bertz CT molecular complexity index is 768. The molecule has 1 aliphatic heterocycles. The molecule has 7 nitrogen and oxygen atoms in total. The molecule has 2 amide bonds. The van der Waals surface area contributed by atoms with Gasteiger partial charge in [-0.25, -0.2) is 4.79 Å². The first-order valence-corrected chi connectivity index (χ1v) is 8.22. The van der Waals surface area contributed by atoms with Gasteiger partial charge in [-0.1, -0.05) is 18.2 Å². The predicted molar refractivity (Wildman–Crippen MR) is 97.7 cm³/mol. The minimum absolute atomic E-state index is 0.105. The van der Waals surface area contributed by atoms with Gasteiger partial charge in [-0.2, -0.15) is 0 Å². The molecule has 0 aromatic heterocycles. The number of rotatable bonds is 5. The summed E-state index contributed by atoms with van der Waals surface area (Å²) < 4.78 is 21.6. The summed E-state index contributed by atoms with van der Waals surface area (Å²) in [6, 6.07) is 10.7. The summed E-state index contributed by atoms with van der Waals surface area (Å²) >= 11 is 0. The third-order valence-electron chi connectivity index (χ3n) is 4.14. The Labute approximate surface area is 152 Å². The Balaban J connectivity index is 1.67. The molecule has 1 heterocycles. The third-order valence-corrected chi connectivity index (χ3v) is 4.14. The van der Waals surface area contributed by atoms with Crippen LogP contribution in [-0.2, 0) is 6.42 Å². The zero-order chi connectivity index (χ0) is 18.5. The number of fused-ring (bicyclic) bond motifs is 1. The molecule has 138 valence electrons. The highest BCUT2D eigenvalue weighted by molar-refractivity contribution is 5.90. The van der Waals surface area contributed by atoms with Gasteiger partial charge in [0.25, 0.3) is 0 Å². The first kappa shape index (κ1) is 17.7. The van der Waals surface area contributed by atoms with Gasteiger partial charge in [-0.3, -0.25) is 0 Å². The normalized spacial score (nSPS) is 15.3. The first-order chi connectivity index (χ1) is 12.6. The maximum absolute atomic E-state index is 12.4. The van der Waals surface area contributed by atoms with Crippen molar-refractivity contribution >= 4 is 11.7 Å².